The van der Waals surface area contributed by atoms with Crippen LogP contribution >= 0.6 is 11.8 Å². The summed E-state index contributed by atoms with van der Waals surface area (Å²) in [5.74, 6) is 1.51. The third kappa shape index (κ3) is 3.97. The van der Waals surface area contributed by atoms with Gasteiger partial charge in [-0.1, -0.05) is 0 Å². The molecule has 0 aromatic carbocycles. The van der Waals surface area contributed by atoms with Crippen molar-refractivity contribution in [2.24, 2.45) is 0 Å². The average molecular weight is 227 g/mol. The first kappa shape index (κ1) is 12.1. The van der Waals surface area contributed by atoms with Crippen LogP contribution in [0.5, 0.6) is 5.88 Å². The molecule has 0 unspecified atom stereocenters. The number of methoxy groups -OCH3 is 1. The van der Waals surface area contributed by atoms with Gasteiger partial charge in [-0.3, -0.25) is 0 Å². The van der Waals surface area contributed by atoms with Crippen molar-refractivity contribution in [3.63, 3.8) is 0 Å². The molecule has 15 heavy (non-hydrogen) atoms. The fraction of sp³-hybridized carbons (Fsp3) is 0.500. The first-order chi connectivity index (χ1) is 7.13. The number of thioether (sulfide) groups is 1. The lowest BCUT2D eigenvalue weighted by atomic mass is 10.4. The van der Waals surface area contributed by atoms with E-state index in [4.69, 9.17) is 10.5 Å². The third-order valence-electron chi connectivity index (χ3n) is 1.85. The fourth-order valence-electron chi connectivity index (χ4n) is 1.01. The zero-order valence-electron chi connectivity index (χ0n) is 9.36. The van der Waals surface area contributed by atoms with Crippen LogP contribution in [0.1, 0.15) is 0 Å². The highest BCUT2D eigenvalue weighted by atomic mass is 32.2. The summed E-state index contributed by atoms with van der Waals surface area (Å²) in [6.07, 6.45) is 0. The van der Waals surface area contributed by atoms with Gasteiger partial charge in [-0.25, -0.2) is 4.98 Å². The molecule has 1 heterocycles. The molecule has 2 N–H and O–H groups in total. The highest BCUT2D eigenvalue weighted by molar-refractivity contribution is 7.99. The van der Waals surface area contributed by atoms with Crippen LogP contribution in [0, 0.1) is 0 Å². The topological polar surface area (TPSA) is 51.4 Å². The minimum absolute atomic E-state index is 0.504. The van der Waals surface area contributed by atoms with E-state index in [1.165, 1.54) is 0 Å². The largest absolute Gasteiger partial charge is 0.480 e. The second-order valence-corrected chi connectivity index (χ2v) is 4.51. The van der Waals surface area contributed by atoms with Crippen LogP contribution in [-0.4, -0.2) is 43.4 Å². The molecule has 0 spiro atoms. The zero-order valence-corrected chi connectivity index (χ0v) is 10.2. The Bertz CT molecular complexity index is 318. The number of hydrogen-bond acceptors (Lipinski definition) is 5. The van der Waals surface area contributed by atoms with Crippen molar-refractivity contribution in [1.29, 1.82) is 0 Å². The van der Waals surface area contributed by atoms with Gasteiger partial charge in [0.2, 0.25) is 5.88 Å². The van der Waals surface area contributed by atoms with Crippen LogP contribution in [0.15, 0.2) is 17.2 Å². The van der Waals surface area contributed by atoms with Gasteiger partial charge in [0, 0.05) is 12.3 Å². The van der Waals surface area contributed by atoms with Crippen molar-refractivity contribution in [3.05, 3.63) is 12.1 Å². The molecule has 0 atom stereocenters. The summed E-state index contributed by atoms with van der Waals surface area (Å²) >= 11 is 1.70. The highest BCUT2D eigenvalue weighted by Crippen LogP contribution is 2.23. The maximum absolute atomic E-state index is 5.67. The van der Waals surface area contributed by atoms with Gasteiger partial charge in [-0.05, 0) is 26.2 Å². The standard InChI is InChI=1S/C10H17N3OS/c1-13(2)6-7-15-9-5-4-8(11)10(12-9)14-3/h4-5H,6-7,11H2,1-3H3. The Hall–Kier alpha value is -0.940. The second kappa shape index (κ2) is 5.82. The number of nitrogen functional groups attached to an aromatic ring is 1. The first-order valence-corrected chi connectivity index (χ1v) is 5.70. The number of pyridine rings is 1. The summed E-state index contributed by atoms with van der Waals surface area (Å²) in [6.45, 7) is 1.03. The average Bonchev–Trinajstić information content (AvgIpc) is 2.20. The van der Waals surface area contributed by atoms with Gasteiger partial charge in [0.25, 0.3) is 0 Å². The van der Waals surface area contributed by atoms with Gasteiger partial charge in [-0.15, -0.1) is 11.8 Å². The van der Waals surface area contributed by atoms with E-state index in [2.05, 4.69) is 24.0 Å². The van der Waals surface area contributed by atoms with Gasteiger partial charge >= 0.3 is 0 Å². The summed E-state index contributed by atoms with van der Waals surface area (Å²) < 4.78 is 5.05. The number of rotatable bonds is 5. The molecule has 1 aromatic rings. The third-order valence-corrected chi connectivity index (χ3v) is 2.76. The molecule has 0 aliphatic rings. The van der Waals surface area contributed by atoms with Crippen LogP contribution in [0.2, 0.25) is 0 Å². The lowest BCUT2D eigenvalue weighted by molar-refractivity contribution is 0.397. The van der Waals surface area contributed by atoms with Crippen LogP contribution < -0.4 is 10.5 Å². The van der Waals surface area contributed by atoms with Crippen LogP contribution in [-0.2, 0) is 0 Å². The Labute approximate surface area is 94.8 Å². The molecule has 0 saturated carbocycles. The van der Waals surface area contributed by atoms with Crippen LogP contribution in [0.3, 0.4) is 0 Å². The molecule has 1 aromatic heterocycles. The molecular formula is C10H17N3OS. The van der Waals surface area contributed by atoms with Crippen molar-refractivity contribution >= 4 is 17.4 Å². The van der Waals surface area contributed by atoms with E-state index in [9.17, 15) is 0 Å². The molecule has 1 rings (SSSR count). The van der Waals surface area contributed by atoms with Crippen LogP contribution in [0.4, 0.5) is 5.69 Å². The van der Waals surface area contributed by atoms with E-state index in [-0.39, 0.29) is 0 Å². The predicted octanol–water partition coefficient (Wildman–Crippen LogP) is 1.33. The maximum Gasteiger partial charge on any atom is 0.237 e. The van der Waals surface area contributed by atoms with E-state index >= 15 is 0 Å². The Morgan fingerprint density at radius 1 is 1.47 bits per heavy atom. The second-order valence-electron chi connectivity index (χ2n) is 3.40. The van der Waals surface area contributed by atoms with Gasteiger partial charge in [0.05, 0.1) is 12.8 Å². The van der Waals surface area contributed by atoms with Gasteiger partial charge in [0.15, 0.2) is 0 Å². The molecule has 0 fully saturated rings. The van der Waals surface area contributed by atoms with E-state index < -0.39 is 0 Å². The summed E-state index contributed by atoms with van der Waals surface area (Å²) in [4.78, 5) is 6.43. The Morgan fingerprint density at radius 2 is 2.20 bits per heavy atom. The number of nitrogens with zero attached hydrogens (tertiary/aromatic N) is 2. The van der Waals surface area contributed by atoms with E-state index in [1.54, 1.807) is 18.9 Å². The molecule has 0 radical (unpaired) electrons. The maximum atomic E-state index is 5.67. The molecule has 4 nitrogen and oxygen atoms in total. The minimum Gasteiger partial charge on any atom is -0.480 e. The zero-order chi connectivity index (χ0) is 11.3. The van der Waals surface area contributed by atoms with Crippen LogP contribution in [0.25, 0.3) is 0 Å². The number of hydrogen-bond donors (Lipinski definition) is 1. The fourth-order valence-corrected chi connectivity index (χ4v) is 1.99. The quantitative estimate of drug-likeness (QED) is 0.769. The SMILES string of the molecule is COc1nc(SCCN(C)C)ccc1N. The van der Waals surface area contributed by atoms with Gasteiger partial charge in [-0.2, -0.15) is 0 Å². The van der Waals surface area contributed by atoms with Crippen molar-refractivity contribution in [1.82, 2.24) is 9.88 Å². The van der Waals surface area contributed by atoms with Crippen molar-refractivity contribution in [2.75, 3.05) is 39.2 Å². The first-order valence-electron chi connectivity index (χ1n) is 4.71. The van der Waals surface area contributed by atoms with Gasteiger partial charge < -0.3 is 15.4 Å². The lowest BCUT2D eigenvalue weighted by Crippen LogP contribution is -2.14. The molecule has 5 heteroatoms. The summed E-state index contributed by atoms with van der Waals surface area (Å²) in [5.41, 5.74) is 6.25. The Morgan fingerprint density at radius 3 is 2.80 bits per heavy atom. The van der Waals surface area contributed by atoms with E-state index in [0.29, 0.717) is 11.6 Å². The van der Waals surface area contributed by atoms with E-state index in [0.717, 1.165) is 17.3 Å². The summed E-state index contributed by atoms with van der Waals surface area (Å²) in [5, 5.41) is 0.947. The molecule has 84 valence electrons. The Balaban J connectivity index is 2.54. The summed E-state index contributed by atoms with van der Waals surface area (Å²) in [7, 11) is 5.68. The molecule has 0 bridgehead atoms. The highest BCUT2D eigenvalue weighted by Gasteiger charge is 2.03. The number of ether oxygens (including phenoxy) is 1. The Kier molecular flexibility index (Phi) is 4.71. The molecular weight excluding hydrogens is 210 g/mol. The molecule has 0 saturated heterocycles. The number of anilines is 1. The smallest absolute Gasteiger partial charge is 0.237 e. The normalized spacial score (nSPS) is 10.7. The molecule has 0 aliphatic carbocycles. The van der Waals surface area contributed by atoms with Crippen molar-refractivity contribution in [2.45, 2.75) is 5.03 Å². The lowest BCUT2D eigenvalue weighted by Gasteiger charge is -2.09. The predicted molar refractivity (Wildman–Crippen MR) is 64.5 cm³/mol. The minimum atomic E-state index is 0.504. The number of aromatic nitrogens is 1. The van der Waals surface area contributed by atoms with Crippen molar-refractivity contribution < 1.29 is 4.74 Å². The molecule has 0 amide bonds. The number of nitrogens with two attached hydrogens (primary N) is 1. The van der Waals surface area contributed by atoms with Gasteiger partial charge in [0.1, 0.15) is 5.03 Å². The monoisotopic (exact) mass is 227 g/mol. The molecule has 0 aliphatic heterocycles. The van der Waals surface area contributed by atoms with E-state index in [1.807, 2.05) is 12.1 Å². The van der Waals surface area contributed by atoms with Crippen molar-refractivity contribution in [3.8, 4) is 5.88 Å². The summed E-state index contributed by atoms with van der Waals surface area (Å²) in [6, 6.07) is 3.74.